The lowest BCUT2D eigenvalue weighted by Gasteiger charge is -2.46. The predicted molar refractivity (Wildman–Crippen MR) is 140 cm³/mol. The summed E-state index contributed by atoms with van der Waals surface area (Å²) in [5, 5.41) is 11.3. The molecule has 0 saturated carbocycles. The molecule has 0 spiro atoms. The van der Waals surface area contributed by atoms with Crippen molar-refractivity contribution in [3.63, 3.8) is 0 Å². The minimum atomic E-state index is -1.47. The van der Waals surface area contributed by atoms with Crippen LogP contribution in [0.1, 0.15) is 19.8 Å². The smallest absolute Gasteiger partial charge is 0.241 e. The predicted octanol–water partition coefficient (Wildman–Crippen LogP) is 2.75. The summed E-state index contributed by atoms with van der Waals surface area (Å²) in [5.74, 6) is 0.0447. The fourth-order valence-electron chi connectivity index (χ4n) is 5.60. The highest BCUT2D eigenvalue weighted by Gasteiger charge is 2.46. The highest BCUT2D eigenvalue weighted by molar-refractivity contribution is 7.82. The second-order valence-electron chi connectivity index (χ2n) is 9.98. The summed E-state index contributed by atoms with van der Waals surface area (Å²) in [6.07, 6.45) is 1.10. The normalized spacial score (nSPS) is 25.8. The van der Waals surface area contributed by atoms with Crippen LogP contribution >= 0.6 is 0 Å². The zero-order valence-electron chi connectivity index (χ0n) is 20.4. The Morgan fingerprint density at radius 3 is 2.64 bits per heavy atom. The molecule has 3 aromatic rings. The maximum atomic E-state index is 13.9. The standard InChI is InChI=1S/C27H32N4O4S/c1-18-14-26(27(33)29-10-12-35-13-11-29)31(18)36(34)21-6-7-25(30-9-8-20(32)17-30)22(16-21)24-15-19-4-2-3-5-23(19)28-24/h2-7,15-16,18,20,26,28,32H,8-14,17H2,1H3. The zero-order chi connectivity index (χ0) is 24.8. The molecule has 8 nitrogen and oxygen atoms in total. The number of morpholine rings is 1. The first-order valence-electron chi connectivity index (χ1n) is 12.7. The van der Waals surface area contributed by atoms with Gasteiger partial charge in [-0.25, -0.2) is 8.51 Å². The maximum Gasteiger partial charge on any atom is 0.241 e. The molecule has 0 bridgehead atoms. The van der Waals surface area contributed by atoms with Gasteiger partial charge in [0.2, 0.25) is 5.91 Å². The Balaban J connectivity index is 1.34. The second-order valence-corrected chi connectivity index (χ2v) is 11.4. The number of benzene rings is 2. The summed E-state index contributed by atoms with van der Waals surface area (Å²) in [4.78, 5) is 21.4. The number of anilines is 1. The largest absolute Gasteiger partial charge is 0.391 e. The quantitative estimate of drug-likeness (QED) is 0.553. The number of rotatable bonds is 5. The molecule has 3 saturated heterocycles. The molecule has 2 N–H and O–H groups in total. The molecule has 2 aromatic carbocycles. The number of aromatic nitrogens is 1. The van der Waals surface area contributed by atoms with Gasteiger partial charge in [0.1, 0.15) is 17.0 Å². The number of para-hydroxylation sites is 1. The van der Waals surface area contributed by atoms with Crippen LogP contribution in [0.5, 0.6) is 0 Å². The molecule has 0 radical (unpaired) electrons. The topological polar surface area (TPSA) is 89.1 Å². The van der Waals surface area contributed by atoms with Gasteiger partial charge in [-0.15, -0.1) is 0 Å². The Morgan fingerprint density at radius 2 is 1.92 bits per heavy atom. The van der Waals surface area contributed by atoms with Gasteiger partial charge < -0.3 is 24.6 Å². The van der Waals surface area contributed by atoms with Crippen LogP contribution in [0.25, 0.3) is 22.2 Å². The third kappa shape index (κ3) is 4.24. The highest BCUT2D eigenvalue weighted by atomic mass is 32.2. The molecule has 36 heavy (non-hydrogen) atoms. The van der Waals surface area contributed by atoms with Gasteiger partial charge >= 0.3 is 0 Å². The van der Waals surface area contributed by atoms with Crippen molar-refractivity contribution in [1.29, 1.82) is 0 Å². The molecule has 1 aromatic heterocycles. The van der Waals surface area contributed by atoms with Crippen LogP contribution in [0, 0.1) is 0 Å². The van der Waals surface area contributed by atoms with Crippen molar-refractivity contribution in [3.05, 3.63) is 48.5 Å². The Labute approximate surface area is 213 Å². The molecule has 3 fully saturated rings. The molecule has 3 aliphatic rings. The molecular weight excluding hydrogens is 476 g/mol. The summed E-state index contributed by atoms with van der Waals surface area (Å²) < 4.78 is 21.1. The van der Waals surface area contributed by atoms with Gasteiger partial charge in [0, 0.05) is 60.1 Å². The number of aromatic amines is 1. The summed E-state index contributed by atoms with van der Waals surface area (Å²) >= 11 is 0. The molecule has 4 atom stereocenters. The number of carbonyl (C=O) groups excluding carboxylic acids is 1. The maximum absolute atomic E-state index is 13.9. The molecule has 9 heteroatoms. The number of amides is 1. The second kappa shape index (κ2) is 9.63. The Hall–Kier alpha value is -2.72. The number of carbonyl (C=O) groups is 1. The van der Waals surface area contributed by atoms with Crippen LogP contribution in [0.3, 0.4) is 0 Å². The number of hydrogen-bond acceptors (Lipinski definition) is 5. The summed E-state index contributed by atoms with van der Waals surface area (Å²) in [7, 11) is -1.47. The lowest BCUT2D eigenvalue weighted by molar-refractivity contribution is -0.144. The molecular formula is C27H32N4O4S. The molecule has 1 amide bonds. The molecule has 3 aliphatic heterocycles. The zero-order valence-corrected chi connectivity index (χ0v) is 21.2. The van der Waals surface area contributed by atoms with E-state index in [4.69, 9.17) is 4.74 Å². The van der Waals surface area contributed by atoms with E-state index in [-0.39, 0.29) is 24.1 Å². The molecule has 4 unspecified atom stereocenters. The van der Waals surface area contributed by atoms with Crippen LogP contribution < -0.4 is 4.90 Å². The van der Waals surface area contributed by atoms with Gasteiger partial charge in [0.25, 0.3) is 0 Å². The third-order valence-electron chi connectivity index (χ3n) is 7.60. The van der Waals surface area contributed by atoms with Crippen LogP contribution in [0.2, 0.25) is 0 Å². The van der Waals surface area contributed by atoms with E-state index in [0.29, 0.717) is 44.2 Å². The first kappa shape index (κ1) is 23.7. The van der Waals surface area contributed by atoms with E-state index in [1.54, 1.807) is 0 Å². The molecule has 190 valence electrons. The van der Waals surface area contributed by atoms with Crippen molar-refractivity contribution in [2.24, 2.45) is 0 Å². The third-order valence-corrected chi connectivity index (χ3v) is 9.25. The fraction of sp³-hybridized carbons (Fsp3) is 0.444. The number of nitrogens with zero attached hydrogens (tertiary/aromatic N) is 3. The summed E-state index contributed by atoms with van der Waals surface area (Å²) in [6, 6.07) is 15.8. The number of hydrogen-bond donors (Lipinski definition) is 2. The van der Waals surface area contributed by atoms with Crippen molar-refractivity contribution < 1.29 is 18.8 Å². The van der Waals surface area contributed by atoms with E-state index in [1.165, 1.54) is 0 Å². The molecule has 6 rings (SSSR count). The van der Waals surface area contributed by atoms with Gasteiger partial charge in [0.05, 0.1) is 24.2 Å². The molecule has 0 aliphatic carbocycles. The van der Waals surface area contributed by atoms with E-state index in [2.05, 4.69) is 22.0 Å². The lowest BCUT2D eigenvalue weighted by Crippen LogP contribution is -2.62. The minimum absolute atomic E-state index is 0.0447. The number of fused-ring (bicyclic) bond motifs is 1. The van der Waals surface area contributed by atoms with Gasteiger partial charge in [-0.05, 0) is 50.1 Å². The van der Waals surface area contributed by atoms with Crippen LogP contribution in [0.15, 0.2) is 53.4 Å². The number of β-amino-alcohol motifs (C(OH)–C–C–N with tert-alkyl or cyclic N) is 1. The number of nitrogens with one attached hydrogen (secondary N) is 1. The first-order chi connectivity index (χ1) is 17.5. The van der Waals surface area contributed by atoms with Crippen molar-refractivity contribution in [2.45, 2.75) is 42.8 Å². The van der Waals surface area contributed by atoms with Gasteiger partial charge in [0.15, 0.2) is 0 Å². The first-order valence-corrected chi connectivity index (χ1v) is 13.8. The number of H-pyrrole nitrogens is 1. The monoisotopic (exact) mass is 508 g/mol. The number of aliphatic hydroxyl groups excluding tert-OH is 1. The number of aliphatic hydroxyl groups is 1. The van der Waals surface area contributed by atoms with E-state index in [0.717, 1.165) is 40.8 Å². The van der Waals surface area contributed by atoms with Gasteiger partial charge in [-0.3, -0.25) is 4.79 Å². The lowest BCUT2D eigenvalue weighted by atomic mass is 9.97. The van der Waals surface area contributed by atoms with Crippen LogP contribution in [-0.2, 0) is 20.5 Å². The van der Waals surface area contributed by atoms with Crippen molar-refractivity contribution in [1.82, 2.24) is 14.2 Å². The SMILES string of the molecule is CC1CC(C(=O)N2CCOCC2)N1S(=O)c1ccc(N2CCC(O)C2)c(-c2cc3ccccc3[nH]2)c1. The van der Waals surface area contributed by atoms with Crippen LogP contribution in [0.4, 0.5) is 5.69 Å². The van der Waals surface area contributed by atoms with Crippen molar-refractivity contribution >= 4 is 33.5 Å². The summed E-state index contributed by atoms with van der Waals surface area (Å²) in [6.45, 7) is 5.66. The average Bonchev–Trinajstić information content (AvgIpc) is 3.53. The fourth-order valence-corrected chi connectivity index (χ4v) is 7.07. The molecule has 4 heterocycles. The Morgan fingerprint density at radius 1 is 1.11 bits per heavy atom. The highest BCUT2D eigenvalue weighted by Crippen LogP contribution is 2.38. The van der Waals surface area contributed by atoms with E-state index < -0.39 is 11.0 Å². The Bertz CT molecular complexity index is 1270. The summed E-state index contributed by atoms with van der Waals surface area (Å²) in [5.41, 5.74) is 3.95. The van der Waals surface area contributed by atoms with Crippen molar-refractivity contribution in [2.75, 3.05) is 44.3 Å². The van der Waals surface area contributed by atoms with Gasteiger partial charge in [-0.1, -0.05) is 18.2 Å². The van der Waals surface area contributed by atoms with Crippen molar-refractivity contribution in [3.8, 4) is 11.3 Å². The average molecular weight is 509 g/mol. The van der Waals surface area contributed by atoms with Crippen LogP contribution in [-0.4, -0.2) is 87.0 Å². The number of ether oxygens (including phenoxy) is 1. The van der Waals surface area contributed by atoms with Gasteiger partial charge in [-0.2, -0.15) is 0 Å². The minimum Gasteiger partial charge on any atom is -0.391 e. The van der Waals surface area contributed by atoms with E-state index in [9.17, 15) is 14.1 Å². The Kier molecular flexibility index (Phi) is 6.33. The van der Waals surface area contributed by atoms with E-state index >= 15 is 0 Å². The van der Waals surface area contributed by atoms with E-state index in [1.807, 2.05) is 52.5 Å².